The third kappa shape index (κ3) is 3.34. The summed E-state index contributed by atoms with van der Waals surface area (Å²) in [5, 5.41) is 0. The van der Waals surface area contributed by atoms with Gasteiger partial charge in [-0.25, -0.2) is 0 Å². The number of piperidine rings is 1. The Bertz CT molecular complexity index is 221. The van der Waals surface area contributed by atoms with Crippen LogP contribution in [0.4, 0.5) is 0 Å². The summed E-state index contributed by atoms with van der Waals surface area (Å²) >= 11 is 0. The van der Waals surface area contributed by atoms with Crippen LogP contribution >= 0.6 is 0 Å². The molecular weight excluding hydrogens is 182 g/mol. The second-order valence-corrected chi connectivity index (χ2v) is 5.66. The maximum atomic E-state index is 2.63. The molecule has 1 nitrogen and oxygen atoms in total. The van der Waals surface area contributed by atoms with Crippen molar-refractivity contribution in [2.45, 2.75) is 45.4 Å². The normalized spacial score (nSPS) is 34.1. The quantitative estimate of drug-likeness (QED) is 0.595. The van der Waals surface area contributed by atoms with Crippen molar-refractivity contribution < 1.29 is 0 Å². The lowest BCUT2D eigenvalue weighted by molar-refractivity contribution is 0.302. The van der Waals surface area contributed by atoms with Crippen molar-refractivity contribution in [1.29, 1.82) is 0 Å². The largest absolute Gasteiger partial charge is 0.306 e. The highest BCUT2D eigenvalue weighted by Crippen LogP contribution is 2.31. The molecule has 2 unspecified atom stereocenters. The number of rotatable bonds is 1. The molecule has 86 valence electrons. The highest BCUT2D eigenvalue weighted by Gasteiger charge is 2.18. The van der Waals surface area contributed by atoms with Crippen molar-refractivity contribution in [3.8, 4) is 0 Å². The maximum Gasteiger partial charge on any atom is 0.00157 e. The van der Waals surface area contributed by atoms with E-state index in [1.165, 1.54) is 51.6 Å². The van der Waals surface area contributed by atoms with Gasteiger partial charge in [-0.05, 0) is 44.6 Å². The van der Waals surface area contributed by atoms with Crippen LogP contribution in [-0.2, 0) is 0 Å². The van der Waals surface area contributed by atoms with E-state index in [0.29, 0.717) is 0 Å². The molecular formula is C14H25N. The van der Waals surface area contributed by atoms with Gasteiger partial charge >= 0.3 is 0 Å². The summed E-state index contributed by atoms with van der Waals surface area (Å²) in [6, 6.07) is 0. The highest BCUT2D eigenvalue weighted by molar-refractivity contribution is 5.08. The van der Waals surface area contributed by atoms with Crippen molar-refractivity contribution in [3.05, 3.63) is 11.6 Å². The van der Waals surface area contributed by atoms with Crippen LogP contribution in [0.3, 0.4) is 0 Å². The minimum atomic E-state index is 0.909. The first-order valence-corrected chi connectivity index (χ1v) is 6.62. The van der Waals surface area contributed by atoms with Crippen LogP contribution in [0.1, 0.15) is 45.4 Å². The third-order valence-corrected chi connectivity index (χ3v) is 4.08. The van der Waals surface area contributed by atoms with E-state index < -0.39 is 0 Å². The Morgan fingerprint density at radius 1 is 1.20 bits per heavy atom. The van der Waals surface area contributed by atoms with Crippen LogP contribution < -0.4 is 0 Å². The second kappa shape index (κ2) is 5.16. The number of likely N-dealkylation sites (tertiary alicyclic amines) is 1. The van der Waals surface area contributed by atoms with Gasteiger partial charge in [0.15, 0.2) is 0 Å². The van der Waals surface area contributed by atoms with Crippen molar-refractivity contribution in [1.82, 2.24) is 4.90 Å². The van der Waals surface area contributed by atoms with E-state index in [2.05, 4.69) is 24.9 Å². The molecule has 2 aliphatic rings. The molecule has 2 fully saturated rings. The number of hydrogen-bond donors (Lipinski definition) is 0. The zero-order valence-corrected chi connectivity index (χ0v) is 10.3. The van der Waals surface area contributed by atoms with Gasteiger partial charge in [0.25, 0.3) is 0 Å². The Morgan fingerprint density at radius 2 is 1.93 bits per heavy atom. The summed E-state index contributed by atoms with van der Waals surface area (Å²) in [5.74, 6) is 1.87. The minimum Gasteiger partial charge on any atom is -0.306 e. The van der Waals surface area contributed by atoms with Crippen LogP contribution in [0.2, 0.25) is 0 Å². The molecule has 1 saturated carbocycles. The molecule has 1 aliphatic heterocycles. The summed E-state index contributed by atoms with van der Waals surface area (Å²) < 4.78 is 0. The molecule has 1 saturated heterocycles. The minimum absolute atomic E-state index is 0.909. The molecule has 1 heteroatoms. The lowest BCUT2D eigenvalue weighted by Crippen LogP contribution is -2.26. The molecule has 0 aromatic rings. The van der Waals surface area contributed by atoms with Gasteiger partial charge in [0, 0.05) is 13.1 Å². The van der Waals surface area contributed by atoms with Gasteiger partial charge < -0.3 is 4.90 Å². The van der Waals surface area contributed by atoms with Crippen molar-refractivity contribution in [2.75, 3.05) is 20.1 Å². The molecule has 0 aromatic heterocycles. The van der Waals surface area contributed by atoms with Crippen LogP contribution in [0.15, 0.2) is 11.6 Å². The van der Waals surface area contributed by atoms with Crippen molar-refractivity contribution in [2.24, 2.45) is 11.8 Å². The predicted octanol–water partition coefficient (Wildman–Crippen LogP) is 3.46. The Balaban J connectivity index is 1.86. The Morgan fingerprint density at radius 3 is 2.60 bits per heavy atom. The molecule has 15 heavy (non-hydrogen) atoms. The van der Waals surface area contributed by atoms with Gasteiger partial charge in [-0.1, -0.05) is 31.4 Å². The monoisotopic (exact) mass is 207 g/mol. The van der Waals surface area contributed by atoms with Gasteiger partial charge in [-0.3, -0.25) is 0 Å². The van der Waals surface area contributed by atoms with E-state index >= 15 is 0 Å². The van der Waals surface area contributed by atoms with Gasteiger partial charge in [-0.15, -0.1) is 0 Å². The predicted molar refractivity (Wildman–Crippen MR) is 65.9 cm³/mol. The molecule has 2 atom stereocenters. The molecule has 0 N–H and O–H groups in total. The lowest BCUT2D eigenvalue weighted by Gasteiger charge is -2.28. The maximum absolute atomic E-state index is 2.63. The first-order valence-electron chi connectivity index (χ1n) is 6.62. The number of nitrogens with zero attached hydrogens (tertiary/aromatic N) is 1. The van der Waals surface area contributed by atoms with E-state index in [-0.39, 0.29) is 0 Å². The fraction of sp³-hybridized carbons (Fsp3) is 0.857. The van der Waals surface area contributed by atoms with Gasteiger partial charge in [0.05, 0.1) is 0 Å². The Hall–Kier alpha value is -0.300. The van der Waals surface area contributed by atoms with E-state index in [1.807, 2.05) is 0 Å². The molecule has 0 bridgehead atoms. The molecule has 2 rings (SSSR count). The zero-order chi connectivity index (χ0) is 10.7. The fourth-order valence-electron chi connectivity index (χ4n) is 3.04. The molecule has 0 aromatic carbocycles. The summed E-state index contributed by atoms with van der Waals surface area (Å²) in [6.07, 6.45) is 11.1. The third-order valence-electron chi connectivity index (χ3n) is 4.08. The van der Waals surface area contributed by atoms with Crippen molar-refractivity contribution in [3.63, 3.8) is 0 Å². The van der Waals surface area contributed by atoms with E-state index in [4.69, 9.17) is 0 Å². The number of hydrogen-bond acceptors (Lipinski definition) is 1. The SMILES string of the molecule is CC1CCCC(C=C2CCN(C)CC2)C1. The molecule has 0 amide bonds. The topological polar surface area (TPSA) is 3.24 Å². The number of allylic oxidation sites excluding steroid dienone is 1. The smallest absolute Gasteiger partial charge is 0.00157 e. The van der Waals surface area contributed by atoms with Gasteiger partial charge in [-0.2, -0.15) is 0 Å². The van der Waals surface area contributed by atoms with Gasteiger partial charge in [0.1, 0.15) is 0 Å². The standard InChI is InChI=1S/C14H25N/c1-12-4-3-5-14(10-12)11-13-6-8-15(2)9-7-13/h11-12,14H,3-10H2,1-2H3. The Labute approximate surface area is 94.5 Å². The highest BCUT2D eigenvalue weighted by atomic mass is 15.1. The summed E-state index contributed by atoms with van der Waals surface area (Å²) in [6.45, 7) is 4.96. The summed E-state index contributed by atoms with van der Waals surface area (Å²) in [5.41, 5.74) is 1.74. The molecule has 0 spiro atoms. The molecule has 0 radical (unpaired) electrons. The molecule has 1 aliphatic carbocycles. The lowest BCUT2D eigenvalue weighted by atomic mass is 9.81. The average Bonchev–Trinajstić information content (AvgIpc) is 2.22. The first-order chi connectivity index (χ1) is 7.24. The summed E-state index contributed by atoms with van der Waals surface area (Å²) in [7, 11) is 2.24. The average molecular weight is 207 g/mol. The van der Waals surface area contributed by atoms with Gasteiger partial charge in [0.2, 0.25) is 0 Å². The van der Waals surface area contributed by atoms with Crippen LogP contribution in [0.25, 0.3) is 0 Å². The van der Waals surface area contributed by atoms with Crippen LogP contribution in [-0.4, -0.2) is 25.0 Å². The van der Waals surface area contributed by atoms with Crippen LogP contribution in [0.5, 0.6) is 0 Å². The first kappa shape index (κ1) is 11.2. The molecule has 1 heterocycles. The zero-order valence-electron chi connectivity index (χ0n) is 10.3. The Kier molecular flexibility index (Phi) is 3.85. The van der Waals surface area contributed by atoms with E-state index in [0.717, 1.165) is 11.8 Å². The second-order valence-electron chi connectivity index (χ2n) is 5.66. The van der Waals surface area contributed by atoms with Crippen molar-refractivity contribution >= 4 is 0 Å². The fourth-order valence-corrected chi connectivity index (χ4v) is 3.04. The summed E-state index contributed by atoms with van der Waals surface area (Å²) in [4.78, 5) is 2.45. The van der Waals surface area contributed by atoms with Crippen LogP contribution in [0, 0.1) is 11.8 Å². The van der Waals surface area contributed by atoms with E-state index in [1.54, 1.807) is 5.57 Å². The van der Waals surface area contributed by atoms with E-state index in [9.17, 15) is 0 Å².